The molecule has 11 aromatic rings. The SMILES string of the molecule is CC[C@H]1O[C@@H](n2cc(C)c(=O)[nH]c2=O)C[C@H]1OP(O)(=S)OC[C@H]1O[C@@H](n2cnc3c(N)ncnc32)C[C@H]1OP(=O)([S-])OC[C@H]1O[C@@H](n2cnc3c(N)ncnc32)C[C@H]1OP([O-])(=S)OC[C@H]1O[C@@H](n2cc(C)c(N)nc2=O)C[C@H]1OP([O-])(=S)OC[C@H]1O[C@@H](n2cnc3c(N)ncnc32)C[C@H]1OP([O-])(=S)OC[C@H]1O[C@@H](n2cnc3c(N)ncnc32)C[C@H]1OP([O-])(=S)OC[C@H]1O[C@@H](n2cc(C)c(=O)[nH]c2=O)C[C@H]1OP([O-])(=S)OC. The van der Waals surface area contributed by atoms with Crippen LogP contribution in [0.5, 0.6) is 0 Å². The molecule has 792 valence electrons. The van der Waals surface area contributed by atoms with E-state index in [9.17, 15) is 48.1 Å². The molecule has 0 radical (unpaired) electrons. The molecule has 146 heavy (non-hydrogen) atoms. The van der Waals surface area contributed by atoms with Gasteiger partial charge in [0.05, 0.1) is 114 Å². The molecular formula is C72H88N27O33P7S7-6. The number of nitrogen functional groups attached to an aromatic ring is 5. The number of nitrogens with one attached hydrogen (secondary N) is 2. The van der Waals surface area contributed by atoms with Gasteiger partial charge in [-0.2, -0.15) is 4.98 Å². The van der Waals surface area contributed by atoms with E-state index in [1.54, 1.807) is 13.8 Å². The van der Waals surface area contributed by atoms with Crippen molar-refractivity contribution in [3.05, 3.63) is 138 Å². The normalized spacial score (nSPS) is 29.5. The lowest BCUT2D eigenvalue weighted by Gasteiger charge is -2.36. The van der Waals surface area contributed by atoms with Crippen molar-refractivity contribution in [1.82, 2.24) is 107 Å². The summed E-state index contributed by atoms with van der Waals surface area (Å²) in [5, 5.41) is 0. The number of hydrogen-bond donors (Lipinski definition) is 8. The molecule has 18 rings (SSSR count). The van der Waals surface area contributed by atoms with Crippen LogP contribution in [0.25, 0.3) is 44.7 Å². The fourth-order valence-corrected chi connectivity index (χ4v) is 27.0. The van der Waals surface area contributed by atoms with E-state index in [4.69, 9.17) is 208 Å². The number of imidazole rings is 4. The Bertz CT molecular complexity index is 7470. The summed E-state index contributed by atoms with van der Waals surface area (Å²) < 4.78 is 151. The zero-order chi connectivity index (χ0) is 104. The molecule has 28 atom stereocenters. The fourth-order valence-electron chi connectivity index (χ4n) is 17.2. The van der Waals surface area contributed by atoms with E-state index in [-0.39, 0.29) is 123 Å². The molecule has 0 saturated carbocycles. The van der Waals surface area contributed by atoms with E-state index in [0.29, 0.717) is 12.0 Å². The summed E-state index contributed by atoms with van der Waals surface area (Å²) in [5.41, 5.74) is 28.9. The number of H-pyrrole nitrogens is 2. The van der Waals surface area contributed by atoms with E-state index in [1.807, 2.05) is 0 Å². The Morgan fingerprint density at radius 3 is 0.959 bits per heavy atom. The molecule has 60 nitrogen and oxygen atoms in total. The molecule has 0 aliphatic carbocycles. The molecule has 0 amide bonds. The maximum absolute atomic E-state index is 15.1. The van der Waals surface area contributed by atoms with Gasteiger partial charge in [0.25, 0.3) is 11.1 Å². The van der Waals surface area contributed by atoms with E-state index < -0.39 is 250 Å². The van der Waals surface area contributed by atoms with Crippen molar-refractivity contribution in [2.75, 3.05) is 75.4 Å². The van der Waals surface area contributed by atoms with E-state index in [1.165, 1.54) is 93.2 Å². The standard InChI is InChI=1S/C72H94N27O33P7S7/c1-6-34-35(7-48(119-34)94-15-32(3)68(100)91-71(94)103)127-134(106,141)113-19-44-38(10-51(122-44)96-27-86-55-60(74)78-23-82-64(55)96)131-138(110,145)117-22-47-40(12-53(125-47)98-29-88-57-62(76)80-25-84-66(57)98)130-137(109,144)115-18-43-37(9-49(121-43)93-14-31(2)59(73)90-70(93)102)128-135(107,142)116-20-45-41(13-54(123-45)99-30-89-58-63(77)81-26-85-67(58)99)132-139(111,146)118-21-46-39(11-52(124-46)97-28-87-56-61(75)79-24-83-65(56)97)129-136(108,143)114-17-42-36(126-133(105,140)112-5)8-50(120-42)95-16-33(4)69(101)92-72(95)104/h14-16,23-30,34-54H,6-13,17-22H2,1-5H3,(H,105,140)(H,106,141)(H,107,142)(H,108,143)(H,109,144)(H,110,145)(H,111,146)(H2,73,90,102)(H2,74,78,82)(H2,75,79,83)(H2,76,80,84)(H2,77,81,85)(H,91,100,103)(H,92,101,104)/p-6/t34-,35-,36-,37-,38-,39-,40-,41-,42-,43-,44-,45-,46-,47-,48-,49-,50-,51-,52-,53-,54-,133?,134?,135?,136?,137?,138?,139?/m1/s1. The van der Waals surface area contributed by atoms with Crippen molar-refractivity contribution in [2.45, 2.75) is 208 Å². The number of aromatic amines is 2. The average molecular weight is 2300 g/mol. The molecule has 7 unspecified atom stereocenters. The summed E-state index contributed by atoms with van der Waals surface area (Å²) in [5.74, 6) is -0.147. The first-order valence-electron chi connectivity index (χ1n) is 43.8. The van der Waals surface area contributed by atoms with Crippen LogP contribution in [0.4, 0.5) is 29.1 Å². The van der Waals surface area contributed by atoms with Crippen LogP contribution in [0.15, 0.2) is 93.2 Å². The molecule has 7 fully saturated rings. The second-order valence-corrected chi connectivity index (χ2v) is 53.0. The topological polar surface area (TPSA) is 796 Å². The van der Waals surface area contributed by atoms with E-state index in [0.717, 1.165) is 28.9 Å². The highest BCUT2D eigenvalue weighted by Gasteiger charge is 2.50. The van der Waals surface area contributed by atoms with Gasteiger partial charge in [-0.15, -0.1) is 0 Å². The molecule has 0 spiro atoms. The summed E-state index contributed by atoms with van der Waals surface area (Å²) in [6.45, 7) is -31.4. The van der Waals surface area contributed by atoms with Gasteiger partial charge < -0.3 is 167 Å². The molecule has 7 aliphatic rings. The lowest BCUT2D eigenvalue weighted by molar-refractivity contribution is -0.220. The monoisotopic (exact) mass is 2300 g/mol. The third-order valence-corrected chi connectivity index (χ3v) is 35.4. The zero-order valence-corrected chi connectivity index (χ0v) is 88.2. The van der Waals surface area contributed by atoms with Crippen LogP contribution in [-0.2, 0) is 184 Å². The van der Waals surface area contributed by atoms with Crippen LogP contribution in [0.3, 0.4) is 0 Å². The van der Waals surface area contributed by atoms with Crippen molar-refractivity contribution in [3.63, 3.8) is 0 Å². The van der Waals surface area contributed by atoms with Crippen LogP contribution >= 0.6 is 47.1 Å². The Hall–Kier alpha value is -7.16. The minimum Gasteiger partial charge on any atom is -0.780 e. The van der Waals surface area contributed by atoms with Crippen molar-refractivity contribution in [3.8, 4) is 0 Å². The number of hydrogen-bond acceptors (Lipinski definition) is 57. The summed E-state index contributed by atoms with van der Waals surface area (Å²) in [6.07, 6.45) is -14.3. The van der Waals surface area contributed by atoms with Crippen LogP contribution in [-0.4, -0.2) is 244 Å². The van der Waals surface area contributed by atoms with Gasteiger partial charge in [0.1, 0.15) is 167 Å². The van der Waals surface area contributed by atoms with Gasteiger partial charge in [-0.05, 0) is 39.0 Å². The summed E-state index contributed by atoms with van der Waals surface area (Å²) in [7, 11) is 1.04. The number of rotatable bonds is 41. The molecule has 0 aromatic carbocycles. The van der Waals surface area contributed by atoms with E-state index >= 15 is 9.79 Å². The van der Waals surface area contributed by atoms with Crippen molar-refractivity contribution in [1.29, 1.82) is 0 Å². The molecule has 7 saturated heterocycles. The Labute approximate surface area is 857 Å². The molecule has 18 heterocycles. The Kier molecular flexibility index (Phi) is 32.6. The van der Waals surface area contributed by atoms with Crippen molar-refractivity contribution < 1.29 is 130 Å². The van der Waals surface area contributed by atoms with Crippen LogP contribution in [0.2, 0.25) is 0 Å². The first-order chi connectivity index (χ1) is 69.1. The smallest absolute Gasteiger partial charge is 0.351 e. The quantitative estimate of drug-likeness (QED) is 0.0172. The maximum atomic E-state index is 15.1. The van der Waals surface area contributed by atoms with Gasteiger partial charge in [-0.25, -0.2) is 74.2 Å². The Balaban J connectivity index is 0.561. The number of aryl methyl sites for hydroxylation is 3. The zero-order valence-electron chi connectivity index (χ0n) is 76.2. The first kappa shape index (κ1) is 109. The van der Waals surface area contributed by atoms with Crippen molar-refractivity contribution >= 4 is 204 Å². The third-order valence-electron chi connectivity index (χ3n) is 24.3. The van der Waals surface area contributed by atoms with Gasteiger partial charge in [0, 0.05) is 87.3 Å². The summed E-state index contributed by atoms with van der Waals surface area (Å²) in [4.78, 5) is 208. The predicted octanol–water partition coefficient (Wildman–Crippen LogP) is -0.800. The number of nitrogens with two attached hydrogens (primary N) is 5. The van der Waals surface area contributed by atoms with Crippen LogP contribution in [0, 0.1) is 20.8 Å². The lowest BCUT2D eigenvalue weighted by Crippen LogP contribution is -2.34. The van der Waals surface area contributed by atoms with Gasteiger partial charge in [0.15, 0.2) is 52.7 Å². The average Bonchev–Trinajstić information content (AvgIpc) is 1.64. The Morgan fingerprint density at radius 2 is 0.644 bits per heavy atom. The number of fused-ring (bicyclic) bond motifs is 4. The second kappa shape index (κ2) is 43.8. The Morgan fingerprint density at radius 1 is 0.377 bits per heavy atom. The first-order valence-corrected chi connectivity index (χ1v) is 61.7. The summed E-state index contributed by atoms with van der Waals surface area (Å²) in [6, 6.07) is 0. The van der Waals surface area contributed by atoms with Crippen LogP contribution < -0.4 is 81.3 Å². The largest absolute Gasteiger partial charge is 0.780 e. The number of aromatic nitrogens is 22. The fraction of sp³-hybridized carbons (Fsp3) is 0.556. The molecular weight excluding hydrogens is 2210 g/mol. The van der Waals surface area contributed by atoms with Gasteiger partial charge in [-0.3, -0.25) is 56.1 Å². The third kappa shape index (κ3) is 24.5. The van der Waals surface area contributed by atoms with Crippen molar-refractivity contribution in [2.24, 2.45) is 0 Å². The highest BCUT2D eigenvalue weighted by molar-refractivity contribution is 8.32. The van der Waals surface area contributed by atoms with Gasteiger partial charge in [-0.1, -0.05) is 66.0 Å². The van der Waals surface area contributed by atoms with E-state index in [2.05, 4.69) is 74.8 Å². The van der Waals surface area contributed by atoms with Gasteiger partial charge >= 0.3 is 23.8 Å². The lowest BCUT2D eigenvalue weighted by atomic mass is 10.1. The minimum atomic E-state index is -4.99. The van der Waals surface area contributed by atoms with Crippen LogP contribution in [0.1, 0.15) is 119 Å². The summed E-state index contributed by atoms with van der Waals surface area (Å²) >= 11 is 38.5. The number of ether oxygens (including phenoxy) is 7. The second-order valence-electron chi connectivity index (χ2n) is 33.9. The predicted molar refractivity (Wildman–Crippen MR) is 518 cm³/mol. The highest BCUT2D eigenvalue weighted by Crippen LogP contribution is 2.58. The molecule has 7 aliphatic heterocycles. The number of nitrogens with zero attached hydrogens (tertiary/aromatic N) is 20. The van der Waals surface area contributed by atoms with Gasteiger partial charge in [0.2, 0.25) is 0 Å². The number of anilines is 5. The molecule has 13 N–H and O–H groups in total. The maximum Gasteiger partial charge on any atom is 0.351 e. The molecule has 11 aromatic heterocycles. The molecule has 74 heteroatoms. The molecule has 0 bridgehead atoms. The highest BCUT2D eigenvalue weighted by atomic mass is 32.7. The minimum absolute atomic E-state index is 0.00422.